The van der Waals surface area contributed by atoms with Gasteiger partial charge in [-0.3, -0.25) is 0 Å². The fourth-order valence-corrected chi connectivity index (χ4v) is 1.79. The number of benzene rings is 1. The number of alkyl halides is 1. The lowest BCUT2D eigenvalue weighted by Crippen LogP contribution is -2.42. The molecule has 0 aromatic heterocycles. The van der Waals surface area contributed by atoms with Crippen molar-refractivity contribution in [3.8, 4) is 5.75 Å². The molecule has 1 aromatic rings. The summed E-state index contributed by atoms with van der Waals surface area (Å²) in [7, 11) is 0. The molecule has 1 aliphatic heterocycles. The van der Waals surface area contributed by atoms with Crippen LogP contribution < -0.4 is 10.1 Å². The lowest BCUT2D eigenvalue weighted by atomic mass is 9.95. The Morgan fingerprint density at radius 1 is 1.25 bits per heavy atom. The van der Waals surface area contributed by atoms with E-state index in [1.165, 1.54) is 12.1 Å². The van der Waals surface area contributed by atoms with Crippen molar-refractivity contribution in [3.05, 3.63) is 30.1 Å². The largest absolute Gasteiger partial charge is 0.487 e. The van der Waals surface area contributed by atoms with Gasteiger partial charge >= 0.3 is 0 Å². The minimum atomic E-state index is -1.33. The maximum absolute atomic E-state index is 14.1. The fourth-order valence-electron chi connectivity index (χ4n) is 1.79. The molecule has 1 N–H and O–H groups in total. The maximum atomic E-state index is 14.1. The predicted molar refractivity (Wildman–Crippen MR) is 57.8 cm³/mol. The number of hydrogen-bond donors (Lipinski definition) is 1. The van der Waals surface area contributed by atoms with E-state index >= 15 is 0 Å². The molecule has 1 heterocycles. The van der Waals surface area contributed by atoms with E-state index in [0.717, 1.165) is 0 Å². The number of hydrogen-bond acceptors (Lipinski definition) is 2. The lowest BCUT2D eigenvalue weighted by Gasteiger charge is -2.29. The van der Waals surface area contributed by atoms with Gasteiger partial charge in [0.2, 0.25) is 0 Å². The third-order valence-electron chi connectivity index (χ3n) is 2.82. The van der Waals surface area contributed by atoms with E-state index < -0.39 is 11.5 Å². The summed E-state index contributed by atoms with van der Waals surface area (Å²) in [5.74, 6) is -0.321. The summed E-state index contributed by atoms with van der Waals surface area (Å²) in [5.41, 5.74) is -1.33. The van der Waals surface area contributed by atoms with Gasteiger partial charge in [0.1, 0.15) is 12.3 Å². The summed E-state index contributed by atoms with van der Waals surface area (Å²) in [5, 5.41) is 3.08. The highest BCUT2D eigenvalue weighted by Crippen LogP contribution is 2.25. The van der Waals surface area contributed by atoms with Gasteiger partial charge in [-0.15, -0.1) is 0 Å². The summed E-state index contributed by atoms with van der Waals surface area (Å²) < 4.78 is 32.5. The van der Waals surface area contributed by atoms with E-state index in [1.807, 2.05) is 0 Å². The molecule has 1 aliphatic rings. The van der Waals surface area contributed by atoms with Gasteiger partial charge in [0.15, 0.2) is 11.6 Å². The average molecular weight is 227 g/mol. The van der Waals surface area contributed by atoms with Gasteiger partial charge in [0.25, 0.3) is 0 Å². The van der Waals surface area contributed by atoms with Crippen molar-refractivity contribution in [1.82, 2.24) is 5.32 Å². The zero-order valence-electron chi connectivity index (χ0n) is 9.01. The molecule has 2 rings (SSSR count). The molecule has 0 unspecified atom stereocenters. The van der Waals surface area contributed by atoms with Crippen LogP contribution in [0.3, 0.4) is 0 Å². The van der Waals surface area contributed by atoms with Crippen LogP contribution in [0.2, 0.25) is 0 Å². The van der Waals surface area contributed by atoms with Crippen molar-refractivity contribution >= 4 is 0 Å². The summed E-state index contributed by atoms with van der Waals surface area (Å²) in [6.07, 6.45) is 0.836. The third-order valence-corrected chi connectivity index (χ3v) is 2.82. The number of nitrogens with one attached hydrogen (secondary N) is 1. The zero-order chi connectivity index (χ0) is 11.4. The molecule has 0 saturated carbocycles. The Hall–Kier alpha value is -1.16. The van der Waals surface area contributed by atoms with Crippen LogP contribution in [0.4, 0.5) is 8.78 Å². The molecule has 2 nitrogen and oxygen atoms in total. The molecule has 1 aromatic carbocycles. The minimum Gasteiger partial charge on any atom is -0.487 e. The Labute approximate surface area is 93.6 Å². The van der Waals surface area contributed by atoms with E-state index in [9.17, 15) is 8.78 Å². The summed E-state index contributed by atoms with van der Waals surface area (Å²) in [6.45, 7) is 1.23. The second-order valence-electron chi connectivity index (χ2n) is 4.12. The quantitative estimate of drug-likeness (QED) is 0.855. The monoisotopic (exact) mass is 227 g/mol. The maximum Gasteiger partial charge on any atom is 0.165 e. The molecule has 0 aliphatic carbocycles. The highest BCUT2D eigenvalue weighted by Gasteiger charge is 2.32. The van der Waals surface area contributed by atoms with Crippen LogP contribution in [0.25, 0.3) is 0 Å². The first-order valence-electron chi connectivity index (χ1n) is 5.47. The van der Waals surface area contributed by atoms with Crippen LogP contribution in [0.1, 0.15) is 12.8 Å². The molecule has 0 atom stereocenters. The highest BCUT2D eigenvalue weighted by atomic mass is 19.1. The van der Waals surface area contributed by atoms with Crippen molar-refractivity contribution in [1.29, 1.82) is 0 Å². The highest BCUT2D eigenvalue weighted by molar-refractivity contribution is 5.23. The number of halogens is 2. The first-order valence-corrected chi connectivity index (χ1v) is 5.47. The number of para-hydroxylation sites is 1. The molecule has 1 fully saturated rings. The SMILES string of the molecule is Fc1ccccc1OCC1(F)CCNCC1. The van der Waals surface area contributed by atoms with Gasteiger partial charge in [-0.25, -0.2) is 8.78 Å². The molecule has 1 saturated heterocycles. The number of piperidine rings is 1. The Morgan fingerprint density at radius 3 is 2.62 bits per heavy atom. The Morgan fingerprint density at radius 2 is 1.94 bits per heavy atom. The van der Waals surface area contributed by atoms with E-state index in [0.29, 0.717) is 25.9 Å². The van der Waals surface area contributed by atoms with E-state index in [2.05, 4.69) is 5.32 Å². The third kappa shape index (κ3) is 2.70. The van der Waals surface area contributed by atoms with E-state index in [4.69, 9.17) is 4.74 Å². The van der Waals surface area contributed by atoms with Gasteiger partial charge < -0.3 is 10.1 Å². The van der Waals surface area contributed by atoms with Crippen LogP contribution in [0.15, 0.2) is 24.3 Å². The molecular weight excluding hydrogens is 212 g/mol. The van der Waals surface area contributed by atoms with Crippen LogP contribution >= 0.6 is 0 Å². The zero-order valence-corrected chi connectivity index (χ0v) is 9.01. The van der Waals surface area contributed by atoms with Crippen molar-refractivity contribution in [2.75, 3.05) is 19.7 Å². The van der Waals surface area contributed by atoms with Gasteiger partial charge in [0, 0.05) is 0 Å². The first kappa shape index (κ1) is 11.3. The molecule has 0 amide bonds. The lowest BCUT2D eigenvalue weighted by molar-refractivity contribution is 0.0522. The second-order valence-corrected chi connectivity index (χ2v) is 4.12. The van der Waals surface area contributed by atoms with Gasteiger partial charge in [-0.05, 0) is 38.1 Å². The standard InChI is InChI=1S/C12H15F2NO/c13-10-3-1-2-4-11(10)16-9-12(14)5-7-15-8-6-12/h1-4,15H,5-9H2. The van der Waals surface area contributed by atoms with Crippen LogP contribution in [0.5, 0.6) is 5.75 Å². The van der Waals surface area contributed by atoms with E-state index in [1.54, 1.807) is 12.1 Å². The van der Waals surface area contributed by atoms with E-state index in [-0.39, 0.29) is 12.4 Å². The van der Waals surface area contributed by atoms with Gasteiger partial charge in [-0.1, -0.05) is 12.1 Å². The summed E-state index contributed by atoms with van der Waals surface area (Å²) >= 11 is 0. The molecule has 16 heavy (non-hydrogen) atoms. The molecular formula is C12H15F2NO. The Bertz CT molecular complexity index is 351. The van der Waals surface area contributed by atoms with Crippen LogP contribution in [-0.4, -0.2) is 25.4 Å². The smallest absolute Gasteiger partial charge is 0.165 e. The normalized spacial score (nSPS) is 19.4. The number of ether oxygens (including phenoxy) is 1. The molecule has 0 radical (unpaired) electrons. The van der Waals surface area contributed by atoms with Crippen molar-refractivity contribution in [2.24, 2.45) is 0 Å². The number of rotatable bonds is 3. The minimum absolute atomic E-state index is 0.0738. The second kappa shape index (κ2) is 4.78. The topological polar surface area (TPSA) is 21.3 Å². The Balaban J connectivity index is 1.94. The van der Waals surface area contributed by atoms with Crippen LogP contribution in [-0.2, 0) is 0 Å². The van der Waals surface area contributed by atoms with Crippen molar-refractivity contribution in [3.63, 3.8) is 0 Å². The molecule has 88 valence electrons. The molecule has 0 spiro atoms. The molecule has 0 bridgehead atoms. The molecule has 4 heteroatoms. The van der Waals surface area contributed by atoms with Gasteiger partial charge in [0.05, 0.1) is 0 Å². The van der Waals surface area contributed by atoms with Gasteiger partial charge in [-0.2, -0.15) is 0 Å². The average Bonchev–Trinajstić information content (AvgIpc) is 2.29. The van der Waals surface area contributed by atoms with Crippen molar-refractivity contribution < 1.29 is 13.5 Å². The van der Waals surface area contributed by atoms with Crippen molar-refractivity contribution in [2.45, 2.75) is 18.5 Å². The summed E-state index contributed by atoms with van der Waals surface area (Å²) in [6, 6.07) is 6.08. The Kier molecular flexibility index (Phi) is 3.39. The summed E-state index contributed by atoms with van der Waals surface area (Å²) in [4.78, 5) is 0. The van der Waals surface area contributed by atoms with Crippen LogP contribution in [0, 0.1) is 5.82 Å². The predicted octanol–water partition coefficient (Wildman–Crippen LogP) is 2.30. The first-order chi connectivity index (χ1) is 7.70. The fraction of sp³-hybridized carbons (Fsp3) is 0.500.